The molecule has 0 amide bonds. The van der Waals surface area contributed by atoms with E-state index in [9.17, 15) is 13.2 Å². The number of carbonyl (C=O) groups is 1. The lowest BCUT2D eigenvalue weighted by Crippen LogP contribution is -2.19. The summed E-state index contributed by atoms with van der Waals surface area (Å²) in [5.41, 5.74) is 1.08. The molecule has 0 fully saturated rings. The molecule has 4 nitrogen and oxygen atoms in total. The fraction of sp³-hybridized carbons (Fsp3) is 0.417. The van der Waals surface area contributed by atoms with Crippen molar-refractivity contribution in [3.63, 3.8) is 0 Å². The van der Waals surface area contributed by atoms with Crippen LogP contribution >= 0.6 is 0 Å². The Morgan fingerprint density at radius 2 is 2.12 bits per heavy atom. The fourth-order valence-corrected chi connectivity index (χ4v) is 3.87. The Kier molecular flexibility index (Phi) is 2.95. The molecule has 0 saturated carbocycles. The molecular formula is C12H14O4S. The average Bonchev–Trinajstić information content (AvgIpc) is 2.33. The van der Waals surface area contributed by atoms with Gasteiger partial charge in [-0.15, -0.1) is 0 Å². The first-order chi connectivity index (χ1) is 7.95. The van der Waals surface area contributed by atoms with Crippen molar-refractivity contribution >= 4 is 15.8 Å². The van der Waals surface area contributed by atoms with E-state index in [-0.39, 0.29) is 22.1 Å². The summed E-state index contributed by atoms with van der Waals surface area (Å²) in [4.78, 5) is 11.7. The molecular weight excluding hydrogens is 240 g/mol. The van der Waals surface area contributed by atoms with Gasteiger partial charge in [0.05, 0.1) is 23.3 Å². The molecule has 0 bridgehead atoms. The van der Waals surface area contributed by atoms with Crippen molar-refractivity contribution in [3.8, 4) is 0 Å². The van der Waals surface area contributed by atoms with Gasteiger partial charge >= 0.3 is 5.97 Å². The lowest BCUT2D eigenvalue weighted by atomic mass is 9.97. The Labute approximate surface area is 101 Å². The second-order valence-corrected chi connectivity index (χ2v) is 6.33. The molecule has 5 heteroatoms. The third-order valence-corrected chi connectivity index (χ3v) is 4.92. The maximum absolute atomic E-state index is 11.9. The summed E-state index contributed by atoms with van der Waals surface area (Å²) in [6, 6.07) is 4.75. The van der Waals surface area contributed by atoms with Crippen LogP contribution in [-0.4, -0.2) is 27.2 Å². The number of hydrogen-bond acceptors (Lipinski definition) is 4. The molecule has 1 atom stereocenters. The first-order valence-corrected chi connectivity index (χ1v) is 7.06. The first kappa shape index (κ1) is 12.1. The van der Waals surface area contributed by atoms with Gasteiger partial charge < -0.3 is 4.74 Å². The Morgan fingerprint density at radius 1 is 1.41 bits per heavy atom. The van der Waals surface area contributed by atoms with E-state index in [4.69, 9.17) is 0 Å². The second kappa shape index (κ2) is 4.14. The van der Waals surface area contributed by atoms with Crippen molar-refractivity contribution < 1.29 is 17.9 Å². The Balaban J connectivity index is 2.60. The first-order valence-electron chi connectivity index (χ1n) is 5.40. The summed E-state index contributed by atoms with van der Waals surface area (Å²) in [7, 11) is -1.97. The number of fused-ring (bicyclic) bond motifs is 1. The van der Waals surface area contributed by atoms with Gasteiger partial charge in [0, 0.05) is 0 Å². The van der Waals surface area contributed by atoms with Crippen LogP contribution in [-0.2, 0) is 14.6 Å². The molecule has 1 unspecified atom stereocenters. The number of rotatable bonds is 1. The van der Waals surface area contributed by atoms with E-state index in [1.54, 1.807) is 12.1 Å². The molecule has 0 N–H and O–H groups in total. The summed E-state index contributed by atoms with van der Waals surface area (Å²) in [5, 5.41) is 0. The highest BCUT2D eigenvalue weighted by Crippen LogP contribution is 2.33. The molecule has 0 radical (unpaired) electrons. The maximum atomic E-state index is 11.9. The van der Waals surface area contributed by atoms with Crippen LogP contribution in [0.4, 0.5) is 0 Å². The highest BCUT2D eigenvalue weighted by molar-refractivity contribution is 7.91. The molecule has 1 aliphatic heterocycles. The molecule has 17 heavy (non-hydrogen) atoms. The van der Waals surface area contributed by atoms with E-state index < -0.39 is 15.8 Å². The summed E-state index contributed by atoms with van der Waals surface area (Å²) >= 11 is 0. The Hall–Kier alpha value is -1.36. The zero-order valence-corrected chi connectivity index (χ0v) is 10.6. The monoisotopic (exact) mass is 254 g/mol. The third kappa shape index (κ3) is 2.07. The number of hydrogen-bond donors (Lipinski definition) is 0. The minimum absolute atomic E-state index is 0.145. The van der Waals surface area contributed by atoms with E-state index in [0.717, 1.165) is 5.56 Å². The number of benzene rings is 1. The van der Waals surface area contributed by atoms with Crippen LogP contribution in [0.15, 0.2) is 23.1 Å². The predicted molar refractivity (Wildman–Crippen MR) is 62.9 cm³/mol. The van der Waals surface area contributed by atoms with Gasteiger partial charge in [-0.3, -0.25) is 0 Å². The Bertz CT molecular complexity index is 560. The maximum Gasteiger partial charge on any atom is 0.337 e. The molecule has 0 spiro atoms. The summed E-state index contributed by atoms with van der Waals surface area (Å²) < 4.78 is 28.4. The van der Waals surface area contributed by atoms with E-state index in [2.05, 4.69) is 4.74 Å². The molecule has 0 aromatic heterocycles. The molecule has 1 aliphatic rings. The van der Waals surface area contributed by atoms with Crippen molar-refractivity contribution in [2.45, 2.75) is 24.2 Å². The van der Waals surface area contributed by atoms with Gasteiger partial charge in [0.1, 0.15) is 0 Å². The molecule has 1 aromatic rings. The smallest absolute Gasteiger partial charge is 0.337 e. The number of carbonyl (C=O) groups excluding carboxylic acids is 1. The van der Waals surface area contributed by atoms with Crippen molar-refractivity contribution in [2.75, 3.05) is 12.9 Å². The quantitative estimate of drug-likeness (QED) is 0.716. The van der Waals surface area contributed by atoms with Gasteiger partial charge in [-0.2, -0.15) is 0 Å². The molecule has 0 aliphatic carbocycles. The third-order valence-electron chi connectivity index (χ3n) is 3.12. The number of ether oxygens (including phenoxy) is 1. The van der Waals surface area contributed by atoms with Crippen LogP contribution in [0.3, 0.4) is 0 Å². The van der Waals surface area contributed by atoms with Gasteiger partial charge in [0.2, 0.25) is 0 Å². The van der Waals surface area contributed by atoms with E-state index in [1.807, 2.05) is 6.92 Å². The Morgan fingerprint density at radius 3 is 2.76 bits per heavy atom. The van der Waals surface area contributed by atoms with Gasteiger partial charge in [-0.1, -0.05) is 13.0 Å². The normalized spacial score (nSPS) is 21.6. The van der Waals surface area contributed by atoms with Gasteiger partial charge in [-0.25, -0.2) is 13.2 Å². The summed E-state index contributed by atoms with van der Waals surface area (Å²) in [6.45, 7) is 1.99. The largest absolute Gasteiger partial charge is 0.465 e. The van der Waals surface area contributed by atoms with Crippen molar-refractivity contribution in [1.82, 2.24) is 0 Å². The summed E-state index contributed by atoms with van der Waals surface area (Å²) in [5.74, 6) is -0.160. The van der Waals surface area contributed by atoms with Gasteiger partial charge in [0.25, 0.3) is 0 Å². The molecule has 2 rings (SSSR count). The molecule has 92 valence electrons. The van der Waals surface area contributed by atoms with Crippen molar-refractivity contribution in [2.24, 2.45) is 0 Å². The lowest BCUT2D eigenvalue weighted by molar-refractivity contribution is 0.0600. The van der Waals surface area contributed by atoms with Crippen LogP contribution in [0, 0.1) is 0 Å². The predicted octanol–water partition coefficient (Wildman–Crippen LogP) is 1.75. The van der Waals surface area contributed by atoms with Crippen LogP contribution in [0.5, 0.6) is 0 Å². The van der Waals surface area contributed by atoms with E-state index in [1.165, 1.54) is 13.2 Å². The van der Waals surface area contributed by atoms with Gasteiger partial charge in [-0.05, 0) is 30.0 Å². The molecule has 1 aromatic carbocycles. The minimum Gasteiger partial charge on any atom is -0.465 e. The highest BCUT2D eigenvalue weighted by Gasteiger charge is 2.28. The topological polar surface area (TPSA) is 60.4 Å². The minimum atomic E-state index is -3.25. The van der Waals surface area contributed by atoms with Crippen LogP contribution in [0.2, 0.25) is 0 Å². The number of methoxy groups -OCH3 is 1. The van der Waals surface area contributed by atoms with Gasteiger partial charge in [0.15, 0.2) is 9.84 Å². The lowest BCUT2D eigenvalue weighted by Gasteiger charge is -2.22. The van der Waals surface area contributed by atoms with E-state index in [0.29, 0.717) is 6.42 Å². The molecule has 0 saturated heterocycles. The average molecular weight is 254 g/mol. The zero-order chi connectivity index (χ0) is 12.6. The standard InChI is InChI=1S/C12H14O4S/c1-8-5-6-17(14,15)11-7-9(12(13)16-2)3-4-10(8)11/h3-4,7-8H,5-6H2,1-2H3. The van der Waals surface area contributed by atoms with Crippen LogP contribution < -0.4 is 0 Å². The van der Waals surface area contributed by atoms with Crippen molar-refractivity contribution in [3.05, 3.63) is 29.3 Å². The zero-order valence-electron chi connectivity index (χ0n) is 9.76. The number of sulfone groups is 1. The van der Waals surface area contributed by atoms with Crippen LogP contribution in [0.25, 0.3) is 0 Å². The SMILES string of the molecule is COC(=O)c1ccc2c(c1)S(=O)(=O)CCC2C. The van der Waals surface area contributed by atoms with E-state index >= 15 is 0 Å². The highest BCUT2D eigenvalue weighted by atomic mass is 32.2. The molecule has 1 heterocycles. The van der Waals surface area contributed by atoms with Crippen molar-refractivity contribution in [1.29, 1.82) is 0 Å². The fourth-order valence-electron chi connectivity index (χ4n) is 2.05. The summed E-state index contributed by atoms with van der Waals surface area (Å²) in [6.07, 6.45) is 0.632. The number of esters is 1. The second-order valence-electron chi connectivity index (χ2n) is 4.25. The van der Waals surface area contributed by atoms with Crippen LogP contribution in [0.1, 0.15) is 35.2 Å².